The highest BCUT2D eigenvalue weighted by Crippen LogP contribution is 2.39. The fourth-order valence-electron chi connectivity index (χ4n) is 2.75. The molecule has 0 saturated carbocycles. The summed E-state index contributed by atoms with van der Waals surface area (Å²) in [5, 5.41) is 7.15. The van der Waals surface area contributed by atoms with Gasteiger partial charge in [0.05, 0.1) is 0 Å². The third-order valence-electron chi connectivity index (χ3n) is 3.62. The van der Waals surface area contributed by atoms with Crippen LogP contribution in [0.5, 0.6) is 0 Å². The Kier molecular flexibility index (Phi) is 1.69. The highest BCUT2D eigenvalue weighted by atomic mass is 15.1. The highest BCUT2D eigenvalue weighted by molar-refractivity contribution is 5.07. The van der Waals surface area contributed by atoms with E-state index in [-0.39, 0.29) is 0 Å². The number of nitrogens with one attached hydrogen (secondary N) is 2. The first-order valence-corrected chi connectivity index (χ1v) is 4.74. The second-order valence-corrected chi connectivity index (χ2v) is 4.13. The van der Waals surface area contributed by atoms with E-state index in [1.54, 1.807) is 0 Å². The Morgan fingerprint density at radius 2 is 2.27 bits per heavy atom. The molecule has 0 unspecified atom stereocenters. The lowest BCUT2D eigenvalue weighted by molar-refractivity contribution is 0.268. The minimum absolute atomic E-state index is 0.550. The van der Waals surface area contributed by atoms with Crippen LogP contribution in [0.4, 0.5) is 0 Å². The van der Waals surface area contributed by atoms with Gasteiger partial charge in [-0.2, -0.15) is 0 Å². The number of rotatable bonds is 1. The minimum Gasteiger partial charge on any atom is -0.312 e. The molecule has 2 nitrogen and oxygen atoms in total. The maximum absolute atomic E-state index is 3.59. The van der Waals surface area contributed by atoms with Gasteiger partial charge in [-0.1, -0.05) is 13.8 Å². The lowest BCUT2D eigenvalue weighted by Gasteiger charge is -2.29. The predicted octanol–water partition coefficient (Wildman–Crippen LogP) is 0.736. The second-order valence-electron chi connectivity index (χ2n) is 4.13. The first-order chi connectivity index (χ1) is 5.27. The molecule has 2 aliphatic rings. The van der Waals surface area contributed by atoms with Crippen LogP contribution < -0.4 is 10.6 Å². The van der Waals surface area contributed by atoms with Crippen molar-refractivity contribution in [1.82, 2.24) is 10.6 Å². The largest absolute Gasteiger partial charge is 0.312 e. The molecular weight excluding hydrogens is 136 g/mol. The van der Waals surface area contributed by atoms with E-state index in [0.717, 1.165) is 12.1 Å². The van der Waals surface area contributed by atoms with Crippen LogP contribution in [0.3, 0.4) is 0 Å². The summed E-state index contributed by atoms with van der Waals surface area (Å²) < 4.78 is 0. The topological polar surface area (TPSA) is 24.1 Å². The van der Waals surface area contributed by atoms with Crippen molar-refractivity contribution in [3.63, 3.8) is 0 Å². The Balaban J connectivity index is 2.16. The molecule has 64 valence electrons. The Hall–Kier alpha value is -0.0800. The van der Waals surface area contributed by atoms with E-state index in [0.29, 0.717) is 5.41 Å². The van der Waals surface area contributed by atoms with Crippen LogP contribution in [-0.2, 0) is 0 Å². The van der Waals surface area contributed by atoms with Crippen molar-refractivity contribution in [1.29, 1.82) is 0 Å². The lowest BCUT2D eigenvalue weighted by Crippen LogP contribution is -2.37. The molecule has 2 saturated heterocycles. The van der Waals surface area contributed by atoms with Gasteiger partial charge in [0.1, 0.15) is 0 Å². The number of fused-ring (bicyclic) bond motifs is 1. The number of hydrogen-bond acceptors (Lipinski definition) is 2. The molecule has 0 amide bonds. The quantitative estimate of drug-likeness (QED) is 0.582. The molecule has 0 aromatic carbocycles. The lowest BCUT2D eigenvalue weighted by atomic mass is 9.78. The highest BCUT2D eigenvalue weighted by Gasteiger charge is 2.48. The zero-order chi connectivity index (χ0) is 7.90. The van der Waals surface area contributed by atoms with Crippen LogP contribution in [0.25, 0.3) is 0 Å². The van der Waals surface area contributed by atoms with E-state index in [4.69, 9.17) is 0 Å². The fourth-order valence-corrected chi connectivity index (χ4v) is 2.75. The summed E-state index contributed by atoms with van der Waals surface area (Å²) >= 11 is 0. The zero-order valence-electron chi connectivity index (χ0n) is 7.48. The van der Waals surface area contributed by atoms with Crippen molar-refractivity contribution >= 4 is 0 Å². The zero-order valence-corrected chi connectivity index (χ0v) is 7.48. The van der Waals surface area contributed by atoms with Crippen molar-refractivity contribution in [3.8, 4) is 0 Å². The van der Waals surface area contributed by atoms with E-state index in [1.807, 2.05) is 0 Å². The van der Waals surface area contributed by atoms with E-state index < -0.39 is 0 Å². The molecule has 2 N–H and O–H groups in total. The maximum Gasteiger partial charge on any atom is 0.0261 e. The molecule has 0 radical (unpaired) electrons. The van der Waals surface area contributed by atoms with Gasteiger partial charge in [-0.25, -0.2) is 0 Å². The van der Waals surface area contributed by atoms with Gasteiger partial charge in [-0.3, -0.25) is 0 Å². The van der Waals surface area contributed by atoms with Gasteiger partial charge in [0.2, 0.25) is 0 Å². The molecule has 0 aliphatic carbocycles. The van der Waals surface area contributed by atoms with Crippen molar-refractivity contribution in [2.75, 3.05) is 13.1 Å². The Morgan fingerprint density at radius 1 is 1.45 bits per heavy atom. The molecule has 11 heavy (non-hydrogen) atoms. The van der Waals surface area contributed by atoms with Crippen molar-refractivity contribution < 1.29 is 0 Å². The van der Waals surface area contributed by atoms with Gasteiger partial charge in [-0.15, -0.1) is 0 Å². The van der Waals surface area contributed by atoms with E-state index in [1.165, 1.54) is 25.9 Å². The van der Waals surface area contributed by atoms with Crippen LogP contribution >= 0.6 is 0 Å². The molecule has 2 fully saturated rings. The number of hydrogen-bond donors (Lipinski definition) is 2. The third kappa shape index (κ3) is 0.926. The Morgan fingerprint density at radius 3 is 3.00 bits per heavy atom. The summed E-state index contributed by atoms with van der Waals surface area (Å²) in [4.78, 5) is 0. The average molecular weight is 154 g/mol. The second kappa shape index (κ2) is 2.46. The molecule has 0 aromatic rings. The van der Waals surface area contributed by atoms with Gasteiger partial charge in [0, 0.05) is 24.0 Å². The maximum atomic E-state index is 3.59. The van der Waals surface area contributed by atoms with E-state index in [9.17, 15) is 0 Å². The summed E-state index contributed by atoms with van der Waals surface area (Å²) in [6, 6.07) is 1.50. The van der Waals surface area contributed by atoms with Gasteiger partial charge >= 0.3 is 0 Å². The summed E-state index contributed by atoms with van der Waals surface area (Å²) in [6.45, 7) is 7.10. The summed E-state index contributed by atoms with van der Waals surface area (Å²) in [7, 11) is 0. The minimum atomic E-state index is 0.550. The van der Waals surface area contributed by atoms with Crippen LogP contribution in [0.2, 0.25) is 0 Å². The van der Waals surface area contributed by atoms with Crippen molar-refractivity contribution in [2.24, 2.45) is 5.41 Å². The van der Waals surface area contributed by atoms with Gasteiger partial charge in [-0.05, 0) is 19.4 Å². The SMILES string of the molecule is CC[C@@H]1NC[C@@H]2NCC[C@]12C. The average Bonchev–Trinajstić information content (AvgIpc) is 2.44. The van der Waals surface area contributed by atoms with Crippen LogP contribution in [0.15, 0.2) is 0 Å². The molecule has 3 atom stereocenters. The summed E-state index contributed by atoms with van der Waals surface area (Å²) in [6.07, 6.45) is 2.62. The van der Waals surface area contributed by atoms with Gasteiger partial charge in [0.25, 0.3) is 0 Å². The molecule has 0 bridgehead atoms. The van der Waals surface area contributed by atoms with Gasteiger partial charge in [0.15, 0.2) is 0 Å². The standard InChI is InChI=1S/C9H18N2/c1-3-7-9(2)4-5-10-8(9)6-11-7/h7-8,10-11H,3-6H2,1-2H3/t7-,8-,9+/m0/s1. The monoisotopic (exact) mass is 154 g/mol. The molecule has 2 heteroatoms. The predicted molar refractivity (Wildman–Crippen MR) is 46.6 cm³/mol. The Bertz CT molecular complexity index is 158. The van der Waals surface area contributed by atoms with Crippen LogP contribution in [0.1, 0.15) is 26.7 Å². The van der Waals surface area contributed by atoms with Crippen molar-refractivity contribution in [2.45, 2.75) is 38.8 Å². The summed E-state index contributed by atoms with van der Waals surface area (Å²) in [5.74, 6) is 0. The summed E-state index contributed by atoms with van der Waals surface area (Å²) in [5.41, 5.74) is 0.550. The Labute approximate surface area is 68.7 Å². The van der Waals surface area contributed by atoms with Crippen LogP contribution in [0, 0.1) is 5.41 Å². The third-order valence-corrected chi connectivity index (χ3v) is 3.62. The molecule has 0 spiro atoms. The molecule has 2 rings (SSSR count). The molecule has 0 aromatic heterocycles. The van der Waals surface area contributed by atoms with E-state index >= 15 is 0 Å². The smallest absolute Gasteiger partial charge is 0.0261 e. The van der Waals surface area contributed by atoms with Gasteiger partial charge < -0.3 is 10.6 Å². The molecule has 2 aliphatic heterocycles. The first kappa shape index (κ1) is 7.56. The fraction of sp³-hybridized carbons (Fsp3) is 1.00. The van der Waals surface area contributed by atoms with Crippen molar-refractivity contribution in [3.05, 3.63) is 0 Å². The van der Waals surface area contributed by atoms with E-state index in [2.05, 4.69) is 24.5 Å². The van der Waals surface area contributed by atoms with Crippen LogP contribution in [-0.4, -0.2) is 25.2 Å². The molecule has 2 heterocycles. The molecular formula is C9H18N2. The first-order valence-electron chi connectivity index (χ1n) is 4.74. The normalized spacial score (nSPS) is 49.6.